The molecule has 0 saturated carbocycles. The van der Waals surface area contributed by atoms with Crippen LogP contribution in [-0.4, -0.2) is 34.5 Å². The van der Waals surface area contributed by atoms with Gasteiger partial charge in [0.2, 0.25) is 5.79 Å². The monoisotopic (exact) mass is 197 g/mol. The van der Waals surface area contributed by atoms with E-state index in [0.717, 1.165) is 0 Å². The lowest BCUT2D eigenvalue weighted by Gasteiger charge is -2.22. The van der Waals surface area contributed by atoms with Gasteiger partial charge in [0.1, 0.15) is 5.04 Å². The predicted octanol–water partition coefficient (Wildman–Crippen LogP) is -1.29. The molecule has 7 heteroatoms. The van der Waals surface area contributed by atoms with Crippen LogP contribution in [0.4, 0.5) is 0 Å². The Morgan fingerprint density at radius 3 is 3.08 bits per heavy atom. The topological polar surface area (TPSA) is 106 Å². The number of carbonyl (C=O) groups is 1. The number of rotatable bonds is 0. The number of hydrogen-bond acceptors (Lipinski definition) is 6. The summed E-state index contributed by atoms with van der Waals surface area (Å²) in [4.78, 5) is 22.5. The Morgan fingerprint density at radius 1 is 1.54 bits per heavy atom. The molecule has 2 aliphatic rings. The predicted molar refractivity (Wildman–Crippen MR) is 51.9 cm³/mol. The lowest BCUT2D eigenvalue weighted by atomic mass is 10.3. The number of fused-ring (bicyclic) bond motifs is 1. The first-order valence-corrected chi connectivity index (χ1v) is 4.54. The van der Waals surface area contributed by atoms with Crippen LogP contribution in [0.3, 0.4) is 0 Å². The van der Waals surface area contributed by atoms with E-state index >= 15 is 0 Å². The molecule has 0 atom stereocenters. The van der Waals surface area contributed by atoms with E-state index in [-0.39, 0.29) is 0 Å². The zero-order valence-electron chi connectivity index (χ0n) is 6.60. The molecule has 0 aromatic carbocycles. The maximum atomic E-state index is 11.1. The first-order valence-electron chi connectivity index (χ1n) is 3.56. The molecule has 0 aromatic heterocycles. The first kappa shape index (κ1) is 8.54. The third kappa shape index (κ3) is 1.41. The molecule has 6 nitrogen and oxygen atoms in total. The summed E-state index contributed by atoms with van der Waals surface area (Å²) in [5.41, 5.74) is 10.8. The molecule has 68 valence electrons. The number of thioether (sulfide) groups is 1. The molecule has 2 aliphatic heterocycles. The molecule has 2 rings (SSSR count). The van der Waals surface area contributed by atoms with Crippen LogP contribution in [0.2, 0.25) is 0 Å². The normalized spacial score (nSPS) is 24.9. The molecular weight excluding hydrogens is 190 g/mol. The molecule has 0 unspecified atom stereocenters. The first-order chi connectivity index (χ1) is 6.09. The fraction of sp³-hybridized carbons (Fsp3) is 0.333. The summed E-state index contributed by atoms with van der Waals surface area (Å²) < 4.78 is 0. The molecule has 0 aliphatic carbocycles. The van der Waals surface area contributed by atoms with Gasteiger partial charge in [0.05, 0.1) is 0 Å². The molecule has 0 saturated heterocycles. The quantitative estimate of drug-likeness (QED) is 0.471. The van der Waals surface area contributed by atoms with Crippen molar-refractivity contribution in [1.82, 2.24) is 0 Å². The van der Waals surface area contributed by atoms with Crippen molar-refractivity contribution >= 4 is 34.8 Å². The van der Waals surface area contributed by atoms with Crippen LogP contribution in [-0.2, 0) is 4.79 Å². The van der Waals surface area contributed by atoms with Crippen LogP contribution in [0.25, 0.3) is 0 Å². The number of hydrogen-bond donors (Lipinski definition) is 2. The zero-order chi connectivity index (χ0) is 9.47. The maximum Gasteiger partial charge on any atom is 0.306 e. The molecule has 1 amide bonds. The molecule has 0 aromatic rings. The Kier molecular flexibility index (Phi) is 1.79. The molecule has 2 heterocycles. The smallest absolute Gasteiger partial charge is 0.286 e. The zero-order valence-corrected chi connectivity index (χ0v) is 7.41. The van der Waals surface area contributed by atoms with Crippen LogP contribution in [0.5, 0.6) is 0 Å². The summed E-state index contributed by atoms with van der Waals surface area (Å²) in [5, 5.41) is 0.534. The van der Waals surface area contributed by atoms with Crippen LogP contribution >= 0.6 is 11.8 Å². The maximum absolute atomic E-state index is 11.1. The third-order valence-electron chi connectivity index (χ3n) is 1.54. The van der Waals surface area contributed by atoms with Gasteiger partial charge < -0.3 is 0 Å². The van der Waals surface area contributed by atoms with Crippen molar-refractivity contribution in [2.45, 2.75) is 5.79 Å². The SMILES string of the molecule is NC1(N)N=C2SCC=NC2=NC1=O. The molecule has 4 N–H and O–H groups in total. The number of amidine groups is 1. The van der Waals surface area contributed by atoms with Crippen molar-refractivity contribution in [3.63, 3.8) is 0 Å². The number of nitrogens with zero attached hydrogens (tertiary/aromatic N) is 3. The van der Waals surface area contributed by atoms with E-state index in [1.165, 1.54) is 11.8 Å². The summed E-state index contributed by atoms with van der Waals surface area (Å²) in [6.07, 6.45) is 1.66. The van der Waals surface area contributed by atoms with E-state index in [1.807, 2.05) is 0 Å². The van der Waals surface area contributed by atoms with Crippen molar-refractivity contribution in [2.24, 2.45) is 26.4 Å². The van der Waals surface area contributed by atoms with Crippen LogP contribution in [0, 0.1) is 0 Å². The van der Waals surface area contributed by atoms with Crippen LogP contribution < -0.4 is 11.5 Å². The molecule has 0 spiro atoms. The highest BCUT2D eigenvalue weighted by atomic mass is 32.2. The summed E-state index contributed by atoms with van der Waals surface area (Å²) in [5.74, 6) is -1.36. The second-order valence-corrected chi connectivity index (χ2v) is 3.61. The summed E-state index contributed by atoms with van der Waals surface area (Å²) in [6, 6.07) is 0. The largest absolute Gasteiger partial charge is 0.306 e. The Hall–Kier alpha value is -1.05. The molecule has 13 heavy (non-hydrogen) atoms. The molecule has 0 bridgehead atoms. The molecule has 0 fully saturated rings. The Labute approximate surface area is 78.2 Å². The number of amides is 1. The van der Waals surface area contributed by atoms with Crippen LogP contribution in [0.1, 0.15) is 0 Å². The minimum Gasteiger partial charge on any atom is -0.286 e. The van der Waals surface area contributed by atoms with Crippen molar-refractivity contribution in [3.8, 4) is 0 Å². The van der Waals surface area contributed by atoms with Gasteiger partial charge in [-0.3, -0.25) is 16.3 Å². The minimum atomic E-state index is -1.71. The van der Waals surface area contributed by atoms with E-state index in [1.54, 1.807) is 6.21 Å². The fourth-order valence-electron chi connectivity index (χ4n) is 0.920. The highest BCUT2D eigenvalue weighted by Gasteiger charge is 2.35. The van der Waals surface area contributed by atoms with Crippen molar-refractivity contribution in [1.29, 1.82) is 0 Å². The van der Waals surface area contributed by atoms with E-state index < -0.39 is 11.7 Å². The lowest BCUT2D eigenvalue weighted by Crippen LogP contribution is -2.57. The van der Waals surface area contributed by atoms with Gasteiger partial charge in [0, 0.05) is 12.0 Å². The van der Waals surface area contributed by atoms with Gasteiger partial charge in [0.25, 0.3) is 0 Å². The average molecular weight is 197 g/mol. The summed E-state index contributed by atoms with van der Waals surface area (Å²) >= 11 is 1.41. The summed E-state index contributed by atoms with van der Waals surface area (Å²) in [6.45, 7) is 0. The van der Waals surface area contributed by atoms with Gasteiger partial charge in [-0.1, -0.05) is 11.8 Å². The number of aliphatic imine (C=N–C) groups is 3. The van der Waals surface area contributed by atoms with Crippen molar-refractivity contribution < 1.29 is 4.79 Å². The van der Waals surface area contributed by atoms with Gasteiger partial charge >= 0.3 is 5.91 Å². The van der Waals surface area contributed by atoms with Gasteiger partial charge in [0.15, 0.2) is 5.84 Å². The lowest BCUT2D eigenvalue weighted by molar-refractivity contribution is -0.122. The number of carbonyl (C=O) groups excluding carboxylic acids is 1. The van der Waals surface area contributed by atoms with Gasteiger partial charge in [-0.2, -0.15) is 4.99 Å². The van der Waals surface area contributed by atoms with Crippen molar-refractivity contribution in [2.75, 3.05) is 5.75 Å². The fourth-order valence-corrected chi connectivity index (χ4v) is 1.67. The van der Waals surface area contributed by atoms with Crippen molar-refractivity contribution in [3.05, 3.63) is 0 Å². The van der Waals surface area contributed by atoms with Crippen LogP contribution in [0.15, 0.2) is 15.0 Å². The highest BCUT2D eigenvalue weighted by molar-refractivity contribution is 8.16. The highest BCUT2D eigenvalue weighted by Crippen LogP contribution is 2.17. The second kappa shape index (κ2) is 2.72. The number of nitrogens with two attached hydrogens (primary N) is 2. The van der Waals surface area contributed by atoms with Gasteiger partial charge in [-0.25, -0.2) is 9.98 Å². The van der Waals surface area contributed by atoms with E-state index in [4.69, 9.17) is 11.5 Å². The molecule has 0 radical (unpaired) electrons. The average Bonchev–Trinajstić information content (AvgIpc) is 2.06. The third-order valence-corrected chi connectivity index (χ3v) is 2.40. The minimum absolute atomic E-state index is 0.313. The Morgan fingerprint density at radius 2 is 2.31 bits per heavy atom. The van der Waals surface area contributed by atoms with E-state index in [0.29, 0.717) is 16.6 Å². The second-order valence-electron chi connectivity index (χ2n) is 2.61. The Balaban J connectivity index is 2.45. The standard InChI is InChI=1S/C6H7N5OS/c7-6(8)5(12)10-3-4(11-6)13-2-1-9-3/h1H,2,7-8H2. The summed E-state index contributed by atoms with van der Waals surface area (Å²) in [7, 11) is 0. The van der Waals surface area contributed by atoms with E-state index in [9.17, 15) is 4.79 Å². The Bertz CT molecular complexity index is 356. The molecular formula is C6H7N5OS. The van der Waals surface area contributed by atoms with Gasteiger partial charge in [-0.15, -0.1) is 0 Å². The van der Waals surface area contributed by atoms with Gasteiger partial charge in [-0.05, 0) is 0 Å². The van der Waals surface area contributed by atoms with E-state index in [2.05, 4.69) is 15.0 Å².